The lowest BCUT2D eigenvalue weighted by Gasteiger charge is -2.18. The van der Waals surface area contributed by atoms with Gasteiger partial charge < -0.3 is 5.73 Å². The van der Waals surface area contributed by atoms with Gasteiger partial charge in [0.2, 0.25) is 0 Å². The third kappa shape index (κ3) is 2.53. The summed E-state index contributed by atoms with van der Waals surface area (Å²) in [6.45, 7) is 7.11. The molecule has 0 aliphatic heterocycles. The van der Waals surface area contributed by atoms with Crippen LogP contribution in [0, 0.1) is 0 Å². The van der Waals surface area contributed by atoms with Gasteiger partial charge >= 0.3 is 0 Å². The highest BCUT2D eigenvalue weighted by atomic mass is 32.1. The minimum atomic E-state index is 0.176. The minimum absolute atomic E-state index is 0.176. The van der Waals surface area contributed by atoms with Gasteiger partial charge in [-0.2, -0.15) is 0 Å². The number of hydrogen-bond donors (Lipinski definition) is 1. The van der Waals surface area contributed by atoms with Crippen molar-refractivity contribution < 1.29 is 0 Å². The predicted octanol–water partition coefficient (Wildman–Crippen LogP) is 2.96. The molecule has 17 heavy (non-hydrogen) atoms. The van der Waals surface area contributed by atoms with Crippen LogP contribution >= 0.6 is 11.5 Å². The monoisotopic (exact) mass is 247 g/mol. The SMILES string of the molecule is CC(C)(C)c1ccc(-c2nnsc2CN)cc1. The van der Waals surface area contributed by atoms with Gasteiger partial charge in [0.15, 0.2) is 0 Å². The zero-order valence-electron chi connectivity index (χ0n) is 10.4. The molecular weight excluding hydrogens is 230 g/mol. The Labute approximate surface area is 106 Å². The number of benzene rings is 1. The summed E-state index contributed by atoms with van der Waals surface area (Å²) in [5, 5.41) is 4.14. The molecule has 0 saturated carbocycles. The molecular formula is C13H17N3S. The van der Waals surface area contributed by atoms with Crippen LogP contribution in [-0.4, -0.2) is 9.59 Å². The van der Waals surface area contributed by atoms with Gasteiger partial charge in [0, 0.05) is 12.1 Å². The van der Waals surface area contributed by atoms with Crippen LogP contribution < -0.4 is 5.73 Å². The molecule has 2 N–H and O–H groups in total. The van der Waals surface area contributed by atoms with E-state index in [9.17, 15) is 0 Å². The van der Waals surface area contributed by atoms with Crippen molar-refractivity contribution in [1.29, 1.82) is 0 Å². The van der Waals surface area contributed by atoms with E-state index in [0.717, 1.165) is 16.1 Å². The van der Waals surface area contributed by atoms with Gasteiger partial charge in [0.1, 0.15) is 5.69 Å². The molecule has 0 radical (unpaired) electrons. The molecule has 2 rings (SSSR count). The van der Waals surface area contributed by atoms with Crippen LogP contribution in [0.3, 0.4) is 0 Å². The van der Waals surface area contributed by atoms with Crippen molar-refractivity contribution in [3.8, 4) is 11.3 Å². The van der Waals surface area contributed by atoms with Crippen LogP contribution in [0.4, 0.5) is 0 Å². The molecule has 1 heterocycles. The summed E-state index contributed by atoms with van der Waals surface area (Å²) in [4.78, 5) is 1.04. The van der Waals surface area contributed by atoms with Crippen LogP contribution in [0.2, 0.25) is 0 Å². The zero-order chi connectivity index (χ0) is 12.5. The average Bonchev–Trinajstić information content (AvgIpc) is 2.76. The fourth-order valence-corrected chi connectivity index (χ4v) is 2.23. The molecule has 0 atom stereocenters. The second-order valence-electron chi connectivity index (χ2n) is 5.08. The Bertz CT molecular complexity index is 494. The van der Waals surface area contributed by atoms with Gasteiger partial charge in [-0.05, 0) is 22.5 Å². The van der Waals surface area contributed by atoms with E-state index in [1.807, 2.05) is 0 Å². The molecule has 0 aliphatic carbocycles. The predicted molar refractivity (Wildman–Crippen MR) is 71.9 cm³/mol. The highest BCUT2D eigenvalue weighted by Crippen LogP contribution is 2.27. The molecule has 0 spiro atoms. The smallest absolute Gasteiger partial charge is 0.110 e. The normalized spacial score (nSPS) is 11.8. The summed E-state index contributed by atoms with van der Waals surface area (Å²) in [6, 6.07) is 8.48. The molecule has 1 aromatic heterocycles. The van der Waals surface area contributed by atoms with Crippen molar-refractivity contribution in [3.63, 3.8) is 0 Å². The third-order valence-electron chi connectivity index (χ3n) is 2.77. The summed E-state index contributed by atoms with van der Waals surface area (Å²) in [5.74, 6) is 0. The number of hydrogen-bond acceptors (Lipinski definition) is 4. The topological polar surface area (TPSA) is 51.8 Å². The molecule has 0 saturated heterocycles. The Morgan fingerprint density at radius 3 is 2.35 bits per heavy atom. The number of rotatable bonds is 2. The van der Waals surface area contributed by atoms with Crippen LogP contribution in [0.1, 0.15) is 31.2 Å². The van der Waals surface area contributed by atoms with Gasteiger partial charge in [-0.25, -0.2) is 0 Å². The van der Waals surface area contributed by atoms with E-state index >= 15 is 0 Å². The maximum Gasteiger partial charge on any atom is 0.110 e. The summed E-state index contributed by atoms with van der Waals surface area (Å²) < 4.78 is 3.95. The fourth-order valence-electron chi connectivity index (χ4n) is 1.69. The fraction of sp³-hybridized carbons (Fsp3) is 0.385. The summed E-state index contributed by atoms with van der Waals surface area (Å²) in [7, 11) is 0. The average molecular weight is 247 g/mol. The van der Waals surface area contributed by atoms with Crippen LogP contribution in [0.25, 0.3) is 11.3 Å². The lowest BCUT2D eigenvalue weighted by atomic mass is 9.86. The Hall–Kier alpha value is -1.26. The molecule has 4 heteroatoms. The van der Waals surface area contributed by atoms with Crippen molar-refractivity contribution in [2.75, 3.05) is 0 Å². The molecule has 90 valence electrons. The lowest BCUT2D eigenvalue weighted by molar-refractivity contribution is 0.590. The standard InChI is InChI=1S/C13H17N3S/c1-13(2,3)10-6-4-9(5-7-10)12-11(8-14)17-16-15-12/h4-7H,8,14H2,1-3H3. The highest BCUT2D eigenvalue weighted by Gasteiger charge is 2.14. The van der Waals surface area contributed by atoms with E-state index in [-0.39, 0.29) is 5.41 Å². The molecule has 1 aromatic carbocycles. The van der Waals surface area contributed by atoms with E-state index < -0.39 is 0 Å². The van der Waals surface area contributed by atoms with Crippen molar-refractivity contribution in [2.24, 2.45) is 5.73 Å². The number of aromatic nitrogens is 2. The first-order valence-electron chi connectivity index (χ1n) is 5.64. The van der Waals surface area contributed by atoms with Crippen LogP contribution in [0.15, 0.2) is 24.3 Å². The second kappa shape index (κ2) is 4.55. The second-order valence-corrected chi connectivity index (χ2v) is 5.91. The summed E-state index contributed by atoms with van der Waals surface area (Å²) in [6.07, 6.45) is 0. The van der Waals surface area contributed by atoms with E-state index in [2.05, 4.69) is 54.6 Å². The number of nitrogens with zero attached hydrogens (tertiary/aromatic N) is 2. The largest absolute Gasteiger partial charge is 0.326 e. The first kappa shape index (κ1) is 12.2. The van der Waals surface area contributed by atoms with Crippen molar-refractivity contribution >= 4 is 11.5 Å². The van der Waals surface area contributed by atoms with Gasteiger partial charge in [-0.3, -0.25) is 0 Å². The Morgan fingerprint density at radius 2 is 1.82 bits per heavy atom. The Kier molecular flexibility index (Phi) is 3.26. The van der Waals surface area contributed by atoms with Gasteiger partial charge in [-0.1, -0.05) is 49.5 Å². The highest BCUT2D eigenvalue weighted by molar-refractivity contribution is 7.05. The van der Waals surface area contributed by atoms with Gasteiger partial charge in [-0.15, -0.1) is 5.10 Å². The van der Waals surface area contributed by atoms with E-state index in [1.165, 1.54) is 17.1 Å². The Morgan fingerprint density at radius 1 is 1.18 bits per heavy atom. The maximum absolute atomic E-state index is 5.66. The maximum atomic E-state index is 5.66. The third-order valence-corrected chi connectivity index (χ3v) is 3.51. The van der Waals surface area contributed by atoms with Crippen LogP contribution in [0.5, 0.6) is 0 Å². The first-order valence-corrected chi connectivity index (χ1v) is 6.42. The van der Waals surface area contributed by atoms with Crippen molar-refractivity contribution in [2.45, 2.75) is 32.7 Å². The molecule has 3 nitrogen and oxygen atoms in total. The van der Waals surface area contributed by atoms with E-state index in [0.29, 0.717) is 6.54 Å². The van der Waals surface area contributed by atoms with E-state index in [1.54, 1.807) is 0 Å². The Balaban J connectivity index is 2.36. The molecule has 0 bridgehead atoms. The number of nitrogens with two attached hydrogens (primary N) is 1. The van der Waals surface area contributed by atoms with Crippen molar-refractivity contribution in [3.05, 3.63) is 34.7 Å². The molecule has 0 unspecified atom stereocenters. The van der Waals surface area contributed by atoms with Crippen LogP contribution in [-0.2, 0) is 12.0 Å². The molecule has 0 fully saturated rings. The quantitative estimate of drug-likeness (QED) is 0.887. The molecule has 0 amide bonds. The molecule has 0 aliphatic rings. The lowest BCUT2D eigenvalue weighted by Crippen LogP contribution is -2.10. The van der Waals surface area contributed by atoms with Crippen molar-refractivity contribution in [1.82, 2.24) is 9.59 Å². The zero-order valence-corrected chi connectivity index (χ0v) is 11.2. The minimum Gasteiger partial charge on any atom is -0.326 e. The van der Waals surface area contributed by atoms with E-state index in [4.69, 9.17) is 5.73 Å². The van der Waals surface area contributed by atoms with Gasteiger partial charge in [0.25, 0.3) is 0 Å². The van der Waals surface area contributed by atoms with Gasteiger partial charge in [0.05, 0.1) is 4.88 Å². The first-order chi connectivity index (χ1) is 8.02. The molecule has 2 aromatic rings. The summed E-state index contributed by atoms with van der Waals surface area (Å²) >= 11 is 1.37. The summed E-state index contributed by atoms with van der Waals surface area (Å²) in [5.41, 5.74) is 9.16.